The molecule has 1 aromatic carbocycles. The van der Waals surface area contributed by atoms with Crippen molar-refractivity contribution in [3.05, 3.63) is 52.9 Å². The molecule has 150 valence electrons. The van der Waals surface area contributed by atoms with Gasteiger partial charge in [-0.05, 0) is 41.8 Å². The van der Waals surface area contributed by atoms with Gasteiger partial charge in [0.15, 0.2) is 6.61 Å². The zero-order valence-electron chi connectivity index (χ0n) is 15.2. The monoisotopic (exact) mass is 422 g/mol. The number of thiophene rings is 1. The molecule has 0 radical (unpaired) electrons. The molecule has 1 aromatic heterocycles. The van der Waals surface area contributed by atoms with E-state index in [0.29, 0.717) is 0 Å². The van der Waals surface area contributed by atoms with E-state index in [0.717, 1.165) is 36.2 Å². The van der Waals surface area contributed by atoms with Crippen molar-refractivity contribution in [2.75, 3.05) is 13.2 Å². The molecule has 1 heterocycles. The predicted octanol–water partition coefficient (Wildman–Crippen LogP) is 2.15. The van der Waals surface area contributed by atoms with Crippen LogP contribution in [0.15, 0.2) is 46.0 Å². The van der Waals surface area contributed by atoms with Crippen molar-refractivity contribution in [2.24, 2.45) is 0 Å². The van der Waals surface area contributed by atoms with Crippen LogP contribution in [0.5, 0.6) is 0 Å². The normalized spacial score (nSPS) is 16.2. The molecular formula is C19H22N2O5S2. The van der Waals surface area contributed by atoms with E-state index in [-0.39, 0.29) is 35.7 Å². The Morgan fingerprint density at radius 1 is 1.18 bits per heavy atom. The molecule has 0 bridgehead atoms. The van der Waals surface area contributed by atoms with Crippen LogP contribution in [0.2, 0.25) is 0 Å². The zero-order valence-corrected chi connectivity index (χ0v) is 16.9. The highest BCUT2D eigenvalue weighted by molar-refractivity contribution is 7.91. The van der Waals surface area contributed by atoms with Crippen LogP contribution in [0, 0.1) is 0 Å². The van der Waals surface area contributed by atoms with E-state index < -0.39 is 16.0 Å². The third kappa shape index (κ3) is 5.40. The van der Waals surface area contributed by atoms with Gasteiger partial charge in [0.05, 0.1) is 12.5 Å². The van der Waals surface area contributed by atoms with E-state index in [2.05, 4.69) is 16.1 Å². The fourth-order valence-corrected chi connectivity index (χ4v) is 5.20. The van der Waals surface area contributed by atoms with Crippen LogP contribution in [0.3, 0.4) is 0 Å². The molecule has 1 aliphatic rings. The SMILES string of the molecule is O=C(COC(=O)CCNS(=O)(=O)c1cccs1)NC1CCCc2ccccc21. The smallest absolute Gasteiger partial charge is 0.307 e. The lowest BCUT2D eigenvalue weighted by Crippen LogP contribution is -2.34. The second-order valence-corrected chi connectivity index (χ2v) is 9.39. The number of carbonyl (C=O) groups is 2. The summed E-state index contributed by atoms with van der Waals surface area (Å²) in [6, 6.07) is 11.0. The van der Waals surface area contributed by atoms with Crippen molar-refractivity contribution < 1.29 is 22.7 Å². The number of aryl methyl sites for hydroxylation is 1. The fourth-order valence-electron chi connectivity index (χ4n) is 3.13. The minimum atomic E-state index is -3.61. The number of esters is 1. The van der Waals surface area contributed by atoms with Crippen molar-refractivity contribution in [3.8, 4) is 0 Å². The van der Waals surface area contributed by atoms with Crippen molar-refractivity contribution in [1.29, 1.82) is 0 Å². The molecule has 1 unspecified atom stereocenters. The van der Waals surface area contributed by atoms with Crippen LogP contribution in [-0.4, -0.2) is 33.4 Å². The van der Waals surface area contributed by atoms with E-state index in [1.807, 2.05) is 18.2 Å². The number of carbonyl (C=O) groups excluding carboxylic acids is 2. The summed E-state index contributed by atoms with van der Waals surface area (Å²) in [6.07, 6.45) is 2.69. The van der Waals surface area contributed by atoms with Crippen molar-refractivity contribution in [2.45, 2.75) is 35.9 Å². The van der Waals surface area contributed by atoms with Crippen LogP contribution in [0.4, 0.5) is 0 Å². The summed E-state index contributed by atoms with van der Waals surface area (Å²) >= 11 is 1.09. The molecule has 2 N–H and O–H groups in total. The lowest BCUT2D eigenvalue weighted by atomic mass is 9.88. The number of fused-ring (bicyclic) bond motifs is 1. The fraction of sp³-hybridized carbons (Fsp3) is 0.368. The number of amides is 1. The molecule has 0 saturated carbocycles. The molecule has 0 aliphatic heterocycles. The van der Waals surface area contributed by atoms with E-state index in [9.17, 15) is 18.0 Å². The minimum absolute atomic E-state index is 0.0752. The summed E-state index contributed by atoms with van der Waals surface area (Å²) < 4.78 is 31.4. The molecule has 0 saturated heterocycles. The van der Waals surface area contributed by atoms with Gasteiger partial charge in [-0.1, -0.05) is 30.3 Å². The van der Waals surface area contributed by atoms with Crippen LogP contribution in [0.25, 0.3) is 0 Å². The summed E-state index contributed by atoms with van der Waals surface area (Å²) in [5.74, 6) is -0.998. The second-order valence-electron chi connectivity index (χ2n) is 6.45. The van der Waals surface area contributed by atoms with Crippen LogP contribution < -0.4 is 10.0 Å². The number of hydrogen-bond acceptors (Lipinski definition) is 6. The van der Waals surface area contributed by atoms with Crippen molar-refractivity contribution >= 4 is 33.2 Å². The molecule has 1 amide bonds. The number of benzene rings is 1. The van der Waals surface area contributed by atoms with Crippen LogP contribution >= 0.6 is 11.3 Å². The van der Waals surface area contributed by atoms with Crippen LogP contribution in [-0.2, 0) is 30.8 Å². The second kappa shape index (κ2) is 9.31. The lowest BCUT2D eigenvalue weighted by molar-refractivity contribution is -0.148. The highest BCUT2D eigenvalue weighted by Gasteiger charge is 2.22. The van der Waals surface area contributed by atoms with Gasteiger partial charge in [0.2, 0.25) is 10.0 Å². The van der Waals surface area contributed by atoms with Crippen LogP contribution in [0.1, 0.15) is 36.4 Å². The molecule has 1 atom stereocenters. The minimum Gasteiger partial charge on any atom is -0.456 e. The van der Waals surface area contributed by atoms with Gasteiger partial charge in [-0.15, -0.1) is 11.3 Å². The molecule has 0 spiro atoms. The maximum absolute atomic E-state index is 12.1. The number of hydrogen-bond donors (Lipinski definition) is 2. The predicted molar refractivity (Wildman–Crippen MR) is 105 cm³/mol. The largest absolute Gasteiger partial charge is 0.456 e. The third-order valence-corrected chi connectivity index (χ3v) is 7.31. The first kappa shape index (κ1) is 20.5. The summed E-state index contributed by atoms with van der Waals surface area (Å²) in [5.41, 5.74) is 2.34. The van der Waals surface area contributed by atoms with E-state index in [1.165, 1.54) is 11.6 Å². The number of rotatable bonds is 8. The Bertz CT molecular complexity index is 926. The Balaban J connectivity index is 1.40. The van der Waals surface area contributed by atoms with Gasteiger partial charge in [0.1, 0.15) is 4.21 Å². The highest BCUT2D eigenvalue weighted by atomic mass is 32.2. The third-order valence-electron chi connectivity index (χ3n) is 4.45. The Kier molecular flexibility index (Phi) is 6.82. The van der Waals surface area contributed by atoms with Gasteiger partial charge in [0, 0.05) is 6.54 Å². The summed E-state index contributed by atoms with van der Waals surface area (Å²) in [6.45, 7) is -0.466. The molecular weight excluding hydrogens is 400 g/mol. The average Bonchev–Trinajstić information content (AvgIpc) is 3.22. The maximum Gasteiger partial charge on any atom is 0.307 e. The molecule has 1 aliphatic carbocycles. The van der Waals surface area contributed by atoms with Crippen molar-refractivity contribution in [3.63, 3.8) is 0 Å². The van der Waals surface area contributed by atoms with Gasteiger partial charge in [-0.25, -0.2) is 13.1 Å². The molecule has 3 rings (SSSR count). The Morgan fingerprint density at radius 2 is 2.00 bits per heavy atom. The first-order chi connectivity index (χ1) is 13.5. The summed E-state index contributed by atoms with van der Waals surface area (Å²) in [7, 11) is -3.61. The number of sulfonamides is 1. The molecule has 0 fully saturated rings. The number of ether oxygens (including phenoxy) is 1. The van der Waals surface area contributed by atoms with Gasteiger partial charge in [-0.2, -0.15) is 0 Å². The van der Waals surface area contributed by atoms with E-state index in [1.54, 1.807) is 11.4 Å². The summed E-state index contributed by atoms with van der Waals surface area (Å²) in [4.78, 5) is 23.9. The first-order valence-electron chi connectivity index (χ1n) is 9.01. The first-order valence-corrected chi connectivity index (χ1v) is 11.4. The molecule has 2 aromatic rings. The standard InChI is InChI=1S/C19H22N2O5S2/c22-17(21-16-8-3-6-14-5-1-2-7-15(14)16)13-26-18(23)10-11-20-28(24,25)19-9-4-12-27-19/h1-2,4-5,7,9,12,16,20H,3,6,8,10-11,13H2,(H,21,22). The average molecular weight is 423 g/mol. The molecule has 28 heavy (non-hydrogen) atoms. The number of nitrogens with one attached hydrogen (secondary N) is 2. The topological polar surface area (TPSA) is 102 Å². The Morgan fingerprint density at radius 3 is 2.79 bits per heavy atom. The summed E-state index contributed by atoms with van der Waals surface area (Å²) in [5, 5.41) is 4.56. The van der Waals surface area contributed by atoms with Gasteiger partial charge in [-0.3, -0.25) is 9.59 Å². The maximum atomic E-state index is 12.1. The van der Waals surface area contributed by atoms with E-state index in [4.69, 9.17) is 4.74 Å². The van der Waals surface area contributed by atoms with Crippen molar-refractivity contribution in [1.82, 2.24) is 10.0 Å². The van der Waals surface area contributed by atoms with Gasteiger partial charge >= 0.3 is 5.97 Å². The Hall–Kier alpha value is -2.23. The zero-order chi connectivity index (χ0) is 20.0. The van der Waals surface area contributed by atoms with E-state index >= 15 is 0 Å². The van der Waals surface area contributed by atoms with Gasteiger partial charge < -0.3 is 10.1 Å². The Labute approximate surface area is 168 Å². The van der Waals surface area contributed by atoms with Gasteiger partial charge in [0.25, 0.3) is 5.91 Å². The lowest BCUT2D eigenvalue weighted by Gasteiger charge is -2.26. The molecule has 7 nitrogen and oxygen atoms in total. The molecule has 9 heteroatoms. The quantitative estimate of drug-likeness (QED) is 0.635. The highest BCUT2D eigenvalue weighted by Crippen LogP contribution is 2.29.